The van der Waals surface area contributed by atoms with Crippen LogP contribution in [0, 0.1) is 0 Å². The van der Waals surface area contributed by atoms with Crippen molar-refractivity contribution in [3.63, 3.8) is 0 Å². The monoisotopic (exact) mass is 437 g/mol. The number of carbonyl (C=O) groups is 1. The summed E-state index contributed by atoms with van der Waals surface area (Å²) in [6.07, 6.45) is 1.91. The highest BCUT2D eigenvalue weighted by Crippen LogP contribution is 2.41. The standard InChI is InChI=1S/C22H23N5O3S/c1-13-18(20(28)24-14-8-6-5-7-9-14)19(27-21(23-13)25-22(26-27)31-4)16-12-15(29-2)10-11-17(16)30-3/h5-12,19H,1-4H3,(H,24,28)(H,23,25,26)/t19-/m0/s1. The summed E-state index contributed by atoms with van der Waals surface area (Å²) in [5.74, 6) is 1.60. The number of thioether (sulfide) groups is 1. The van der Waals surface area contributed by atoms with Gasteiger partial charge in [-0.1, -0.05) is 30.0 Å². The van der Waals surface area contributed by atoms with Crippen LogP contribution in [0.2, 0.25) is 0 Å². The quantitative estimate of drug-likeness (QED) is 0.565. The molecule has 0 bridgehead atoms. The van der Waals surface area contributed by atoms with Crippen LogP contribution in [0.25, 0.3) is 0 Å². The Bertz CT molecular complexity index is 1140. The molecule has 0 aliphatic carbocycles. The fraction of sp³-hybridized carbons (Fsp3) is 0.227. The van der Waals surface area contributed by atoms with E-state index in [2.05, 4.69) is 20.7 Å². The zero-order chi connectivity index (χ0) is 22.0. The Kier molecular flexibility index (Phi) is 5.85. The molecule has 1 atom stereocenters. The van der Waals surface area contributed by atoms with Crippen molar-refractivity contribution in [2.45, 2.75) is 18.1 Å². The minimum Gasteiger partial charge on any atom is -0.497 e. The molecule has 0 saturated heterocycles. The van der Waals surface area contributed by atoms with Crippen LogP contribution in [0.5, 0.6) is 11.5 Å². The Morgan fingerprint density at radius 1 is 1.16 bits per heavy atom. The Morgan fingerprint density at radius 2 is 1.94 bits per heavy atom. The first-order chi connectivity index (χ1) is 15.0. The van der Waals surface area contributed by atoms with Gasteiger partial charge in [0.15, 0.2) is 0 Å². The van der Waals surface area contributed by atoms with E-state index in [1.165, 1.54) is 11.8 Å². The summed E-state index contributed by atoms with van der Waals surface area (Å²) in [5, 5.41) is 11.4. The van der Waals surface area contributed by atoms with Gasteiger partial charge in [0.05, 0.1) is 19.8 Å². The number of hydrogen-bond donors (Lipinski definition) is 2. The summed E-state index contributed by atoms with van der Waals surface area (Å²) in [5.41, 5.74) is 2.66. The van der Waals surface area contributed by atoms with E-state index in [1.54, 1.807) is 18.9 Å². The molecule has 3 aromatic rings. The van der Waals surface area contributed by atoms with Gasteiger partial charge in [0.1, 0.15) is 17.5 Å². The van der Waals surface area contributed by atoms with E-state index >= 15 is 0 Å². The molecule has 1 aliphatic rings. The van der Waals surface area contributed by atoms with Gasteiger partial charge in [-0.2, -0.15) is 4.98 Å². The highest BCUT2D eigenvalue weighted by atomic mass is 32.2. The first kappa shape index (κ1) is 20.8. The second-order valence-electron chi connectivity index (χ2n) is 6.86. The Balaban J connectivity index is 1.87. The van der Waals surface area contributed by atoms with Crippen molar-refractivity contribution in [3.05, 3.63) is 65.4 Å². The Morgan fingerprint density at radius 3 is 2.61 bits per heavy atom. The molecule has 0 unspecified atom stereocenters. The molecule has 31 heavy (non-hydrogen) atoms. The normalized spacial score (nSPS) is 15.2. The molecule has 0 saturated carbocycles. The van der Waals surface area contributed by atoms with Crippen molar-refractivity contribution in [1.29, 1.82) is 0 Å². The average molecular weight is 438 g/mol. The zero-order valence-electron chi connectivity index (χ0n) is 17.7. The molecule has 9 heteroatoms. The van der Waals surface area contributed by atoms with Gasteiger partial charge in [-0.15, -0.1) is 5.10 Å². The molecular weight excluding hydrogens is 414 g/mol. The van der Waals surface area contributed by atoms with E-state index in [4.69, 9.17) is 9.47 Å². The van der Waals surface area contributed by atoms with E-state index in [-0.39, 0.29) is 5.91 Å². The van der Waals surface area contributed by atoms with Crippen molar-refractivity contribution in [2.75, 3.05) is 31.1 Å². The van der Waals surface area contributed by atoms with Crippen LogP contribution >= 0.6 is 11.8 Å². The number of para-hydroxylation sites is 1. The number of amides is 1. The molecule has 1 aromatic heterocycles. The SMILES string of the molecule is COc1ccc(OC)c([C@H]2C(C(=O)Nc3ccccc3)=C(C)Nc3nc(SC)nn32)c1. The van der Waals surface area contributed by atoms with Crippen molar-refractivity contribution in [1.82, 2.24) is 14.8 Å². The lowest BCUT2D eigenvalue weighted by molar-refractivity contribution is -0.113. The van der Waals surface area contributed by atoms with E-state index in [0.29, 0.717) is 39.6 Å². The van der Waals surface area contributed by atoms with Crippen LogP contribution in [0.3, 0.4) is 0 Å². The summed E-state index contributed by atoms with van der Waals surface area (Å²) < 4.78 is 12.8. The number of anilines is 2. The van der Waals surface area contributed by atoms with Gasteiger partial charge in [-0.3, -0.25) is 4.79 Å². The molecule has 0 radical (unpaired) electrons. The number of nitrogens with one attached hydrogen (secondary N) is 2. The lowest BCUT2D eigenvalue weighted by atomic mass is 9.94. The number of rotatable bonds is 6. The molecule has 1 amide bonds. The smallest absolute Gasteiger partial charge is 0.255 e. The van der Waals surface area contributed by atoms with Crippen LogP contribution in [0.1, 0.15) is 18.5 Å². The molecule has 2 aromatic carbocycles. The van der Waals surface area contributed by atoms with Gasteiger partial charge in [0.25, 0.3) is 5.91 Å². The van der Waals surface area contributed by atoms with E-state index in [9.17, 15) is 4.79 Å². The number of allylic oxidation sites excluding steroid dienone is 1. The summed E-state index contributed by atoms with van der Waals surface area (Å²) >= 11 is 1.43. The van der Waals surface area contributed by atoms with Crippen molar-refractivity contribution < 1.29 is 14.3 Å². The molecule has 1 aliphatic heterocycles. The minimum atomic E-state index is -0.557. The first-order valence-corrected chi connectivity index (χ1v) is 10.8. The Labute approximate surface area is 184 Å². The fourth-order valence-electron chi connectivity index (χ4n) is 3.57. The number of methoxy groups -OCH3 is 2. The van der Waals surface area contributed by atoms with Crippen LogP contribution in [-0.4, -0.2) is 41.1 Å². The minimum absolute atomic E-state index is 0.238. The van der Waals surface area contributed by atoms with Gasteiger partial charge in [-0.05, 0) is 43.5 Å². The molecule has 160 valence electrons. The van der Waals surface area contributed by atoms with Crippen LogP contribution < -0.4 is 20.1 Å². The number of carbonyl (C=O) groups excluding carboxylic acids is 1. The van der Waals surface area contributed by atoms with Crippen LogP contribution in [0.15, 0.2) is 65.0 Å². The number of nitrogens with zero attached hydrogens (tertiary/aromatic N) is 3. The van der Waals surface area contributed by atoms with Crippen molar-refractivity contribution in [3.8, 4) is 11.5 Å². The fourth-order valence-corrected chi connectivity index (χ4v) is 3.92. The molecule has 0 fully saturated rings. The lowest BCUT2D eigenvalue weighted by Gasteiger charge is -2.29. The number of ether oxygens (including phenoxy) is 2. The van der Waals surface area contributed by atoms with Gasteiger partial charge in [0, 0.05) is 16.9 Å². The molecular formula is C22H23N5O3S. The topological polar surface area (TPSA) is 90.3 Å². The summed E-state index contributed by atoms with van der Waals surface area (Å²) in [6.45, 7) is 1.86. The molecule has 2 heterocycles. The maximum atomic E-state index is 13.5. The maximum absolute atomic E-state index is 13.5. The summed E-state index contributed by atoms with van der Waals surface area (Å²) in [4.78, 5) is 18.0. The summed E-state index contributed by atoms with van der Waals surface area (Å²) in [7, 11) is 3.20. The molecule has 8 nitrogen and oxygen atoms in total. The van der Waals surface area contributed by atoms with Gasteiger partial charge < -0.3 is 20.1 Å². The predicted molar refractivity (Wildman–Crippen MR) is 121 cm³/mol. The second kappa shape index (κ2) is 8.73. The van der Waals surface area contributed by atoms with Crippen LogP contribution in [-0.2, 0) is 4.79 Å². The van der Waals surface area contributed by atoms with Crippen molar-refractivity contribution in [2.24, 2.45) is 0 Å². The highest BCUT2D eigenvalue weighted by Gasteiger charge is 2.36. The third kappa shape index (κ3) is 3.96. The van der Waals surface area contributed by atoms with Gasteiger partial charge in [0.2, 0.25) is 11.1 Å². The number of fused-ring (bicyclic) bond motifs is 1. The van der Waals surface area contributed by atoms with E-state index in [1.807, 2.05) is 61.7 Å². The maximum Gasteiger partial charge on any atom is 0.255 e. The highest BCUT2D eigenvalue weighted by molar-refractivity contribution is 7.98. The number of hydrogen-bond acceptors (Lipinski definition) is 7. The summed E-state index contributed by atoms with van der Waals surface area (Å²) in [6, 6.07) is 14.3. The van der Waals surface area contributed by atoms with Gasteiger partial charge in [-0.25, -0.2) is 4.68 Å². The van der Waals surface area contributed by atoms with Crippen LogP contribution in [0.4, 0.5) is 11.6 Å². The predicted octanol–water partition coefficient (Wildman–Crippen LogP) is 3.94. The third-order valence-electron chi connectivity index (χ3n) is 5.02. The molecule has 0 spiro atoms. The number of aromatic nitrogens is 3. The first-order valence-electron chi connectivity index (χ1n) is 9.62. The molecule has 2 N–H and O–H groups in total. The Hall–Kier alpha value is -3.46. The second-order valence-corrected chi connectivity index (χ2v) is 7.63. The number of benzene rings is 2. The average Bonchev–Trinajstić information content (AvgIpc) is 3.21. The third-order valence-corrected chi connectivity index (χ3v) is 5.56. The van der Waals surface area contributed by atoms with E-state index < -0.39 is 6.04 Å². The van der Waals surface area contributed by atoms with Gasteiger partial charge >= 0.3 is 0 Å². The largest absolute Gasteiger partial charge is 0.497 e. The zero-order valence-corrected chi connectivity index (χ0v) is 18.5. The molecule has 4 rings (SSSR count). The van der Waals surface area contributed by atoms with Crippen molar-refractivity contribution >= 4 is 29.3 Å². The van der Waals surface area contributed by atoms with E-state index in [0.717, 1.165) is 5.56 Å². The lowest BCUT2D eigenvalue weighted by Crippen LogP contribution is -2.31.